The van der Waals surface area contributed by atoms with Gasteiger partial charge in [-0.1, -0.05) is 73.5 Å². The molecule has 1 aromatic heterocycles. The average molecular weight is 395 g/mol. The predicted octanol–water partition coefficient (Wildman–Crippen LogP) is 6.82. The van der Waals surface area contributed by atoms with Crippen LogP contribution in [0.4, 0.5) is 0 Å². The summed E-state index contributed by atoms with van der Waals surface area (Å²) in [5.74, 6) is 0.915. The van der Waals surface area contributed by atoms with E-state index in [2.05, 4.69) is 42.2 Å². The van der Waals surface area contributed by atoms with E-state index in [-0.39, 0.29) is 0 Å². The van der Waals surface area contributed by atoms with E-state index in [1.54, 1.807) is 13.0 Å². The van der Waals surface area contributed by atoms with Crippen molar-refractivity contribution >= 4 is 11.6 Å². The number of nitriles is 1. The van der Waals surface area contributed by atoms with E-state index < -0.39 is 0 Å². The second-order valence-corrected chi connectivity index (χ2v) is 6.31. The number of pyridine rings is 1. The number of halogens is 1. The Kier molecular flexibility index (Phi) is 10.4. The lowest BCUT2D eigenvalue weighted by Crippen LogP contribution is -1.94. The summed E-state index contributed by atoms with van der Waals surface area (Å²) < 4.78 is 5.63. The summed E-state index contributed by atoms with van der Waals surface area (Å²) in [6, 6.07) is 22.0. The molecule has 0 saturated carbocycles. The van der Waals surface area contributed by atoms with Crippen molar-refractivity contribution in [2.45, 2.75) is 41.2 Å². The van der Waals surface area contributed by atoms with Crippen LogP contribution in [0.2, 0.25) is 5.15 Å². The van der Waals surface area contributed by atoms with Gasteiger partial charge in [0.15, 0.2) is 0 Å². The molecule has 3 nitrogen and oxygen atoms in total. The largest absolute Gasteiger partial charge is 0.489 e. The lowest BCUT2D eigenvalue weighted by Gasteiger charge is -2.05. The van der Waals surface area contributed by atoms with Crippen molar-refractivity contribution in [3.8, 4) is 11.8 Å². The molecule has 146 valence electrons. The van der Waals surface area contributed by atoms with E-state index in [9.17, 15) is 0 Å². The zero-order valence-corrected chi connectivity index (χ0v) is 17.9. The smallest absolute Gasteiger partial charge is 0.129 e. The molecule has 0 unspecified atom stereocenters. The Labute approximate surface area is 173 Å². The van der Waals surface area contributed by atoms with E-state index in [4.69, 9.17) is 21.6 Å². The van der Waals surface area contributed by atoms with Gasteiger partial charge >= 0.3 is 0 Å². The van der Waals surface area contributed by atoms with E-state index in [1.807, 2.05) is 51.1 Å². The van der Waals surface area contributed by atoms with Gasteiger partial charge < -0.3 is 4.74 Å². The van der Waals surface area contributed by atoms with Crippen LogP contribution in [0.5, 0.6) is 5.75 Å². The Morgan fingerprint density at radius 3 is 2.11 bits per heavy atom. The fourth-order valence-electron chi connectivity index (χ4n) is 2.32. The molecule has 0 atom stereocenters. The Hall–Kier alpha value is -2.83. The maximum atomic E-state index is 8.66. The van der Waals surface area contributed by atoms with E-state index in [0.717, 1.165) is 11.3 Å². The van der Waals surface area contributed by atoms with Gasteiger partial charge in [0.25, 0.3) is 0 Å². The van der Waals surface area contributed by atoms with Gasteiger partial charge in [-0.15, -0.1) is 0 Å². The number of aromatic nitrogens is 1. The van der Waals surface area contributed by atoms with E-state index >= 15 is 0 Å². The van der Waals surface area contributed by atoms with Crippen LogP contribution in [0.15, 0.2) is 60.7 Å². The number of para-hydroxylation sites is 1. The molecule has 28 heavy (non-hydrogen) atoms. The molecule has 0 fully saturated rings. The normalized spacial score (nSPS) is 9.18. The highest BCUT2D eigenvalue weighted by molar-refractivity contribution is 6.29. The standard InChI is InChI=1S/C14H14O.C8H7ClN2.C2H6/c1-12-7-9-13(10-8-12)11-15-14-5-3-2-4-6-14;1-5-3-8(9)11-6(2)7(5)4-10;1-2/h2-10H,11H2,1H3;3H,1-2H3;1-2H3. The van der Waals surface area contributed by atoms with Gasteiger partial charge in [-0.2, -0.15) is 5.26 Å². The number of benzene rings is 2. The molecule has 0 aliphatic rings. The van der Waals surface area contributed by atoms with Crippen molar-refractivity contribution in [1.29, 1.82) is 5.26 Å². The predicted molar refractivity (Wildman–Crippen MR) is 117 cm³/mol. The molecule has 0 bridgehead atoms. The number of hydrogen-bond donors (Lipinski definition) is 0. The quantitative estimate of drug-likeness (QED) is 0.457. The minimum atomic E-state index is 0.444. The summed E-state index contributed by atoms with van der Waals surface area (Å²) in [6.07, 6.45) is 0. The molecule has 0 amide bonds. The number of aryl methyl sites for hydroxylation is 3. The number of ether oxygens (including phenoxy) is 1. The summed E-state index contributed by atoms with van der Waals surface area (Å²) in [7, 11) is 0. The molecule has 0 spiro atoms. The zero-order chi connectivity index (χ0) is 20.9. The van der Waals surface area contributed by atoms with Gasteiger partial charge in [0.05, 0.1) is 11.3 Å². The lowest BCUT2D eigenvalue weighted by atomic mass is 10.1. The molecule has 2 aromatic carbocycles. The van der Waals surface area contributed by atoms with Crippen molar-refractivity contribution < 1.29 is 4.74 Å². The maximum Gasteiger partial charge on any atom is 0.129 e. The second kappa shape index (κ2) is 12.5. The van der Waals surface area contributed by atoms with Crippen LogP contribution in [0, 0.1) is 32.1 Å². The van der Waals surface area contributed by atoms with Crippen LogP contribution in [0.1, 0.15) is 41.8 Å². The van der Waals surface area contributed by atoms with Gasteiger partial charge in [0.1, 0.15) is 23.6 Å². The number of nitrogens with zero attached hydrogens (tertiary/aromatic N) is 2. The molecule has 4 heteroatoms. The highest BCUT2D eigenvalue weighted by Crippen LogP contribution is 2.15. The minimum Gasteiger partial charge on any atom is -0.489 e. The van der Waals surface area contributed by atoms with Gasteiger partial charge in [-0.3, -0.25) is 0 Å². The fourth-order valence-corrected chi connectivity index (χ4v) is 2.61. The maximum absolute atomic E-state index is 8.66. The number of rotatable bonds is 3. The molecular weight excluding hydrogens is 368 g/mol. The Morgan fingerprint density at radius 1 is 0.964 bits per heavy atom. The third kappa shape index (κ3) is 7.82. The highest BCUT2D eigenvalue weighted by Gasteiger charge is 2.03. The Balaban J connectivity index is 0.000000268. The highest BCUT2D eigenvalue weighted by atomic mass is 35.5. The summed E-state index contributed by atoms with van der Waals surface area (Å²) in [5, 5.41) is 9.10. The Bertz CT molecular complexity index is 862. The van der Waals surface area contributed by atoms with Crippen LogP contribution in [-0.2, 0) is 6.61 Å². The van der Waals surface area contributed by atoms with Crippen LogP contribution in [0.3, 0.4) is 0 Å². The molecule has 3 rings (SSSR count). The van der Waals surface area contributed by atoms with Gasteiger partial charge in [0, 0.05) is 0 Å². The fraction of sp³-hybridized carbons (Fsp3) is 0.250. The third-order valence-corrected chi connectivity index (χ3v) is 3.94. The van der Waals surface area contributed by atoms with Gasteiger partial charge in [-0.25, -0.2) is 4.98 Å². The summed E-state index contributed by atoms with van der Waals surface area (Å²) in [5.41, 5.74) is 4.67. The first-order valence-electron chi connectivity index (χ1n) is 9.27. The Morgan fingerprint density at radius 2 is 1.57 bits per heavy atom. The summed E-state index contributed by atoms with van der Waals surface area (Å²) in [4.78, 5) is 3.95. The van der Waals surface area contributed by atoms with Crippen molar-refractivity contribution in [2.75, 3.05) is 0 Å². The molecule has 0 radical (unpaired) electrons. The van der Waals surface area contributed by atoms with E-state index in [1.165, 1.54) is 11.1 Å². The van der Waals surface area contributed by atoms with Crippen molar-refractivity contribution in [3.05, 3.63) is 93.8 Å². The lowest BCUT2D eigenvalue weighted by molar-refractivity contribution is 0.306. The first kappa shape index (κ1) is 23.2. The van der Waals surface area contributed by atoms with Crippen LogP contribution < -0.4 is 4.74 Å². The summed E-state index contributed by atoms with van der Waals surface area (Å²) in [6.45, 7) is 10.3. The van der Waals surface area contributed by atoms with Crippen molar-refractivity contribution in [1.82, 2.24) is 4.98 Å². The second-order valence-electron chi connectivity index (χ2n) is 5.92. The topological polar surface area (TPSA) is 45.9 Å². The third-order valence-electron chi connectivity index (χ3n) is 3.75. The molecule has 0 saturated heterocycles. The van der Waals surface area contributed by atoms with Crippen LogP contribution in [0.25, 0.3) is 0 Å². The minimum absolute atomic E-state index is 0.444. The molecular formula is C24H27ClN2O. The van der Waals surface area contributed by atoms with Crippen LogP contribution in [-0.4, -0.2) is 4.98 Å². The molecule has 1 heterocycles. The monoisotopic (exact) mass is 394 g/mol. The zero-order valence-electron chi connectivity index (χ0n) is 17.2. The van der Waals surface area contributed by atoms with E-state index in [0.29, 0.717) is 23.0 Å². The average Bonchev–Trinajstić information content (AvgIpc) is 2.70. The first-order valence-corrected chi connectivity index (χ1v) is 9.64. The van der Waals surface area contributed by atoms with Crippen molar-refractivity contribution in [3.63, 3.8) is 0 Å². The van der Waals surface area contributed by atoms with Gasteiger partial charge in [0.2, 0.25) is 0 Å². The van der Waals surface area contributed by atoms with Crippen molar-refractivity contribution in [2.24, 2.45) is 0 Å². The molecule has 0 aliphatic carbocycles. The van der Waals surface area contributed by atoms with Crippen LogP contribution >= 0.6 is 11.6 Å². The summed E-state index contributed by atoms with van der Waals surface area (Å²) >= 11 is 5.66. The molecule has 3 aromatic rings. The molecule has 0 aliphatic heterocycles. The molecule has 0 N–H and O–H groups in total. The van der Waals surface area contributed by atoms with Gasteiger partial charge in [-0.05, 0) is 50.1 Å². The number of hydrogen-bond acceptors (Lipinski definition) is 3. The first-order chi connectivity index (χ1) is 13.5. The SMILES string of the molecule is CC.Cc1cc(Cl)nc(C)c1C#N.Cc1ccc(COc2ccccc2)cc1.